The zero-order valence-corrected chi connectivity index (χ0v) is 11.5. The number of amidine groups is 1. The third-order valence-corrected chi connectivity index (χ3v) is 3.47. The fourth-order valence-electron chi connectivity index (χ4n) is 2.09. The van der Waals surface area contributed by atoms with Crippen molar-refractivity contribution in [1.29, 1.82) is 0 Å². The van der Waals surface area contributed by atoms with E-state index in [0.717, 1.165) is 0 Å². The molecule has 0 unspecified atom stereocenters. The van der Waals surface area contributed by atoms with E-state index in [2.05, 4.69) is 5.16 Å². The Morgan fingerprint density at radius 2 is 1.89 bits per heavy atom. The van der Waals surface area contributed by atoms with Crippen molar-refractivity contribution in [1.82, 2.24) is 4.90 Å². The Morgan fingerprint density at radius 3 is 2.22 bits per heavy atom. The Bertz CT molecular complexity index is 288. The van der Waals surface area contributed by atoms with Crippen molar-refractivity contribution in [3.63, 3.8) is 0 Å². The van der Waals surface area contributed by atoms with Crippen LogP contribution < -0.4 is 5.73 Å². The van der Waals surface area contributed by atoms with Gasteiger partial charge in [-0.15, -0.1) is 0 Å². The number of rotatable bonds is 8. The molecule has 0 saturated heterocycles. The van der Waals surface area contributed by atoms with Crippen LogP contribution in [0, 0.1) is 5.41 Å². The Balaban J connectivity index is 5.17. The zero-order valence-electron chi connectivity index (χ0n) is 11.5. The zero-order chi connectivity index (χ0) is 14.2. The van der Waals surface area contributed by atoms with Crippen molar-refractivity contribution >= 4 is 11.7 Å². The molecule has 0 aromatic heterocycles. The summed E-state index contributed by atoms with van der Waals surface area (Å²) in [6.07, 6.45) is 1.49. The lowest BCUT2D eigenvalue weighted by Gasteiger charge is -2.34. The van der Waals surface area contributed by atoms with Gasteiger partial charge in [-0.3, -0.25) is 4.79 Å². The van der Waals surface area contributed by atoms with Crippen LogP contribution in [0.5, 0.6) is 0 Å². The first-order valence-electron chi connectivity index (χ1n) is 6.42. The van der Waals surface area contributed by atoms with Gasteiger partial charge < -0.3 is 20.9 Å². The number of nitrogens with two attached hydrogens (primary N) is 1. The second-order valence-electron chi connectivity index (χ2n) is 4.24. The van der Waals surface area contributed by atoms with Gasteiger partial charge in [-0.2, -0.15) is 0 Å². The monoisotopic (exact) mass is 259 g/mol. The van der Waals surface area contributed by atoms with Crippen molar-refractivity contribution in [2.24, 2.45) is 16.3 Å². The maximum absolute atomic E-state index is 12.5. The first-order valence-corrected chi connectivity index (χ1v) is 6.42. The first-order chi connectivity index (χ1) is 8.53. The van der Waals surface area contributed by atoms with Crippen LogP contribution in [-0.2, 0) is 4.79 Å². The van der Waals surface area contributed by atoms with Gasteiger partial charge in [0.25, 0.3) is 0 Å². The fourth-order valence-corrected chi connectivity index (χ4v) is 2.09. The van der Waals surface area contributed by atoms with E-state index in [0.29, 0.717) is 32.4 Å². The Kier molecular flexibility index (Phi) is 7.35. The van der Waals surface area contributed by atoms with Crippen LogP contribution in [-0.4, -0.2) is 46.7 Å². The molecule has 0 bridgehead atoms. The number of hydrogen-bond acceptors (Lipinski definition) is 4. The molecule has 0 fully saturated rings. The molecule has 0 aliphatic rings. The summed E-state index contributed by atoms with van der Waals surface area (Å²) in [4.78, 5) is 14.2. The molecule has 0 radical (unpaired) electrons. The minimum absolute atomic E-state index is 0.0403. The molecule has 0 spiro atoms. The van der Waals surface area contributed by atoms with Gasteiger partial charge in [0.05, 0.1) is 0 Å². The predicted octanol–water partition coefficient (Wildman–Crippen LogP) is 0.770. The van der Waals surface area contributed by atoms with Crippen LogP contribution in [0.3, 0.4) is 0 Å². The second kappa shape index (κ2) is 7.92. The number of carbonyl (C=O) groups is 1. The van der Waals surface area contributed by atoms with Gasteiger partial charge in [-0.1, -0.05) is 19.0 Å². The summed E-state index contributed by atoms with van der Waals surface area (Å²) >= 11 is 0. The second-order valence-corrected chi connectivity index (χ2v) is 4.24. The van der Waals surface area contributed by atoms with Crippen molar-refractivity contribution < 1.29 is 15.1 Å². The maximum Gasteiger partial charge on any atom is 0.236 e. The van der Waals surface area contributed by atoms with E-state index in [1.54, 1.807) is 4.90 Å². The first kappa shape index (κ1) is 16.7. The molecule has 0 aromatic carbocycles. The number of nitrogens with zero attached hydrogens (tertiary/aromatic N) is 2. The molecule has 0 atom stereocenters. The molecular weight excluding hydrogens is 234 g/mol. The van der Waals surface area contributed by atoms with E-state index in [-0.39, 0.29) is 18.3 Å². The van der Waals surface area contributed by atoms with Crippen LogP contribution in [0.15, 0.2) is 5.16 Å². The summed E-state index contributed by atoms with van der Waals surface area (Å²) in [7, 11) is 0. The largest absolute Gasteiger partial charge is 0.409 e. The molecule has 4 N–H and O–H groups in total. The Labute approximate surface area is 108 Å². The quantitative estimate of drug-likeness (QED) is 0.259. The van der Waals surface area contributed by atoms with Gasteiger partial charge in [0, 0.05) is 19.7 Å². The van der Waals surface area contributed by atoms with E-state index in [4.69, 9.17) is 16.0 Å². The number of aliphatic hydroxyl groups is 1. The van der Waals surface area contributed by atoms with Crippen molar-refractivity contribution in [3.8, 4) is 0 Å². The molecule has 0 heterocycles. The molecular formula is C12H25N3O3. The SMILES string of the molecule is CCN(CCCO)C(=O)C(CC)(CC)C(N)=NO. The maximum atomic E-state index is 12.5. The Hall–Kier alpha value is -1.30. The summed E-state index contributed by atoms with van der Waals surface area (Å²) in [5.74, 6) is -0.182. The van der Waals surface area contributed by atoms with Crippen molar-refractivity contribution in [2.75, 3.05) is 19.7 Å². The standard InChI is InChI=1S/C12H25N3O3/c1-4-12(5-2,10(13)14-18)11(17)15(6-3)8-7-9-16/h16,18H,4-9H2,1-3H3,(H2,13,14). The third-order valence-electron chi connectivity index (χ3n) is 3.47. The van der Waals surface area contributed by atoms with Crippen LogP contribution in [0.25, 0.3) is 0 Å². The molecule has 1 amide bonds. The van der Waals surface area contributed by atoms with E-state index < -0.39 is 5.41 Å². The highest BCUT2D eigenvalue weighted by atomic mass is 16.4. The third kappa shape index (κ3) is 3.35. The van der Waals surface area contributed by atoms with E-state index >= 15 is 0 Å². The molecule has 18 heavy (non-hydrogen) atoms. The van der Waals surface area contributed by atoms with Gasteiger partial charge in [-0.25, -0.2) is 0 Å². The molecule has 0 saturated carbocycles. The van der Waals surface area contributed by atoms with Gasteiger partial charge in [0.15, 0.2) is 5.84 Å². The number of carbonyl (C=O) groups excluding carboxylic acids is 1. The average Bonchev–Trinajstić information content (AvgIpc) is 2.41. The smallest absolute Gasteiger partial charge is 0.236 e. The predicted molar refractivity (Wildman–Crippen MR) is 70.4 cm³/mol. The van der Waals surface area contributed by atoms with Crippen LogP contribution >= 0.6 is 0 Å². The minimum Gasteiger partial charge on any atom is -0.409 e. The van der Waals surface area contributed by atoms with Gasteiger partial charge in [-0.05, 0) is 26.2 Å². The lowest BCUT2D eigenvalue weighted by atomic mass is 9.79. The van der Waals surface area contributed by atoms with Crippen molar-refractivity contribution in [3.05, 3.63) is 0 Å². The summed E-state index contributed by atoms with van der Waals surface area (Å²) < 4.78 is 0. The molecule has 106 valence electrons. The highest BCUT2D eigenvalue weighted by Gasteiger charge is 2.41. The summed E-state index contributed by atoms with van der Waals surface area (Å²) in [5.41, 5.74) is 4.75. The highest BCUT2D eigenvalue weighted by molar-refractivity contribution is 6.06. The van der Waals surface area contributed by atoms with E-state index in [9.17, 15) is 4.79 Å². The molecule has 6 nitrogen and oxygen atoms in total. The van der Waals surface area contributed by atoms with E-state index in [1.165, 1.54) is 0 Å². The normalized spacial score (nSPS) is 12.6. The summed E-state index contributed by atoms with van der Waals surface area (Å²) in [5, 5.41) is 20.7. The van der Waals surface area contributed by atoms with Gasteiger partial charge in [0.1, 0.15) is 5.41 Å². The summed E-state index contributed by atoms with van der Waals surface area (Å²) in [6.45, 7) is 6.63. The fraction of sp³-hybridized carbons (Fsp3) is 0.833. The number of oxime groups is 1. The average molecular weight is 259 g/mol. The molecule has 0 aromatic rings. The molecule has 0 rings (SSSR count). The lowest BCUT2D eigenvalue weighted by molar-refractivity contribution is -0.138. The van der Waals surface area contributed by atoms with Gasteiger partial charge in [0.2, 0.25) is 5.91 Å². The molecule has 6 heteroatoms. The lowest BCUT2D eigenvalue weighted by Crippen LogP contribution is -2.51. The number of aliphatic hydroxyl groups excluding tert-OH is 1. The Morgan fingerprint density at radius 1 is 1.33 bits per heavy atom. The number of hydrogen-bond donors (Lipinski definition) is 3. The molecule has 0 aliphatic heterocycles. The summed E-state index contributed by atoms with van der Waals surface area (Å²) in [6, 6.07) is 0. The number of amides is 1. The van der Waals surface area contributed by atoms with Gasteiger partial charge >= 0.3 is 0 Å². The van der Waals surface area contributed by atoms with Crippen LogP contribution in [0.4, 0.5) is 0 Å². The van der Waals surface area contributed by atoms with Crippen LogP contribution in [0.2, 0.25) is 0 Å². The minimum atomic E-state index is -0.944. The molecule has 0 aliphatic carbocycles. The van der Waals surface area contributed by atoms with E-state index in [1.807, 2.05) is 20.8 Å². The van der Waals surface area contributed by atoms with Crippen molar-refractivity contribution in [2.45, 2.75) is 40.0 Å². The topological polar surface area (TPSA) is 99.2 Å². The van der Waals surface area contributed by atoms with Crippen LogP contribution in [0.1, 0.15) is 40.0 Å². The highest BCUT2D eigenvalue weighted by Crippen LogP contribution is 2.29.